The quantitative estimate of drug-likeness (QED) is 0.365. The molecule has 2 rings (SSSR count). The molecule has 0 heterocycles. The maximum atomic E-state index is 12.0. The lowest BCUT2D eigenvalue weighted by Crippen LogP contribution is -2.27. The van der Waals surface area contributed by atoms with Gasteiger partial charge in [-0.3, -0.25) is 10.2 Å². The summed E-state index contributed by atoms with van der Waals surface area (Å²) >= 11 is 0. The van der Waals surface area contributed by atoms with Crippen LogP contribution in [0.25, 0.3) is 0 Å². The first-order chi connectivity index (χ1) is 10.5. The second kappa shape index (κ2) is 10.3. The van der Waals surface area contributed by atoms with Crippen molar-refractivity contribution in [3.05, 3.63) is 29.3 Å². The van der Waals surface area contributed by atoms with Gasteiger partial charge >= 0.3 is 5.97 Å². The number of hydrogen-bond donors (Lipinski definition) is 2. The number of amidine groups is 1. The molecule has 0 amide bonds. The summed E-state index contributed by atoms with van der Waals surface area (Å²) in [5.74, 6) is 1.63. The molecule has 1 saturated carbocycles. The van der Waals surface area contributed by atoms with Crippen LogP contribution in [0.3, 0.4) is 0 Å². The zero-order chi connectivity index (χ0) is 16.1. The highest BCUT2D eigenvalue weighted by atomic mass is 35.5. The van der Waals surface area contributed by atoms with E-state index in [0.717, 1.165) is 37.7 Å². The Bertz CT molecular complexity index is 555. The van der Waals surface area contributed by atoms with Crippen molar-refractivity contribution in [1.29, 1.82) is 5.41 Å². The van der Waals surface area contributed by atoms with Crippen LogP contribution in [-0.2, 0) is 4.79 Å². The van der Waals surface area contributed by atoms with Crippen LogP contribution in [0.15, 0.2) is 18.2 Å². The fourth-order valence-corrected chi connectivity index (χ4v) is 3.17. The Morgan fingerprint density at radius 2 is 1.88 bits per heavy atom. The number of rotatable bonds is 5. The molecule has 1 aliphatic carbocycles. The van der Waals surface area contributed by atoms with Gasteiger partial charge in [0, 0.05) is 12.3 Å². The van der Waals surface area contributed by atoms with Gasteiger partial charge in [0.25, 0.3) is 0 Å². The lowest BCUT2D eigenvalue weighted by atomic mass is 9.79. The zero-order valence-corrected chi connectivity index (χ0v) is 15.2. The van der Waals surface area contributed by atoms with Crippen molar-refractivity contribution in [1.82, 2.24) is 0 Å². The second-order valence-corrected chi connectivity index (χ2v) is 6.45. The van der Waals surface area contributed by atoms with Gasteiger partial charge < -0.3 is 15.9 Å². The van der Waals surface area contributed by atoms with Crippen LogP contribution in [0.1, 0.15) is 49.7 Å². The number of benzene rings is 1. The average molecular weight is 357 g/mol. The largest absolute Gasteiger partial charge is 0.426 e. The molecule has 0 unspecified atom stereocenters. The van der Waals surface area contributed by atoms with Crippen molar-refractivity contribution in [3.8, 4) is 5.75 Å². The molecule has 0 saturated heterocycles. The van der Waals surface area contributed by atoms with Gasteiger partial charge in [0.05, 0.1) is 5.84 Å². The summed E-state index contributed by atoms with van der Waals surface area (Å²) in [4.78, 5) is 12.0. The second-order valence-electron chi connectivity index (χ2n) is 6.45. The smallest absolute Gasteiger partial charge is 0.311 e. The van der Waals surface area contributed by atoms with Gasteiger partial charge in [-0.25, -0.2) is 0 Å². The Labute approximate surface area is 150 Å². The molecular formula is C18H29ClN2O3. The Morgan fingerprint density at radius 3 is 2.42 bits per heavy atom. The molecule has 0 radical (unpaired) electrons. The number of nitrogens with one attached hydrogen (secondary N) is 1. The lowest BCUT2D eigenvalue weighted by Gasteiger charge is -2.27. The third kappa shape index (κ3) is 6.49. The predicted molar refractivity (Wildman–Crippen MR) is 99.0 cm³/mol. The normalized spacial score (nSPS) is 19.6. The zero-order valence-electron chi connectivity index (χ0n) is 14.4. The average Bonchev–Trinajstić information content (AvgIpc) is 2.48. The van der Waals surface area contributed by atoms with Gasteiger partial charge in [-0.2, -0.15) is 0 Å². The van der Waals surface area contributed by atoms with Gasteiger partial charge in [-0.15, -0.1) is 12.4 Å². The summed E-state index contributed by atoms with van der Waals surface area (Å²) in [5, 5.41) is 7.49. The minimum absolute atomic E-state index is 0. The molecule has 1 aromatic carbocycles. The number of esters is 1. The Kier molecular flexibility index (Phi) is 9.63. The van der Waals surface area contributed by atoms with Crippen molar-refractivity contribution < 1.29 is 15.0 Å². The van der Waals surface area contributed by atoms with Gasteiger partial charge in [0.2, 0.25) is 0 Å². The van der Waals surface area contributed by atoms with Crippen molar-refractivity contribution in [2.24, 2.45) is 17.6 Å². The van der Waals surface area contributed by atoms with Crippen molar-refractivity contribution >= 4 is 24.2 Å². The number of ether oxygens (including phenoxy) is 1. The van der Waals surface area contributed by atoms with E-state index in [4.69, 9.17) is 15.9 Å². The van der Waals surface area contributed by atoms with E-state index < -0.39 is 0 Å². The fraction of sp³-hybridized carbons (Fsp3) is 0.556. The minimum atomic E-state index is -0.152. The number of hydrogen-bond acceptors (Lipinski definition) is 3. The van der Waals surface area contributed by atoms with Gasteiger partial charge in [0.1, 0.15) is 5.75 Å². The molecule has 5 N–H and O–H groups in total. The fourth-order valence-electron chi connectivity index (χ4n) is 3.17. The van der Waals surface area contributed by atoms with Crippen LogP contribution in [0.2, 0.25) is 0 Å². The standard InChI is InChI=1S/C18H26N2O2.ClH.H2O/c1-12-3-9-16(13(2)11-12)22-17(21)10-6-14-4-7-15(8-5-14)18(19)20;;/h3,9,11,14-15H,4-8,10H2,1-2H3,(H3,19,20);1H;1H2. The van der Waals surface area contributed by atoms with E-state index >= 15 is 0 Å². The lowest BCUT2D eigenvalue weighted by molar-refractivity contribution is -0.134. The van der Waals surface area contributed by atoms with Crippen molar-refractivity contribution in [3.63, 3.8) is 0 Å². The number of nitrogens with two attached hydrogens (primary N) is 1. The molecule has 0 aromatic heterocycles. The van der Waals surface area contributed by atoms with Crippen LogP contribution in [0.5, 0.6) is 5.75 Å². The van der Waals surface area contributed by atoms with Gasteiger partial charge in [0.15, 0.2) is 0 Å². The molecule has 0 aliphatic heterocycles. The highest BCUT2D eigenvalue weighted by Gasteiger charge is 2.23. The molecular weight excluding hydrogens is 328 g/mol. The van der Waals surface area contributed by atoms with Crippen molar-refractivity contribution in [2.45, 2.75) is 52.4 Å². The molecule has 136 valence electrons. The molecule has 0 bridgehead atoms. The van der Waals surface area contributed by atoms with E-state index in [-0.39, 0.29) is 29.8 Å². The Balaban J connectivity index is 0.00000264. The SMILES string of the molecule is Cc1ccc(OC(=O)CCC2CCC(C(=N)N)CC2)c(C)c1.Cl.O. The number of carbonyl (C=O) groups excluding carboxylic acids is 1. The Hall–Kier alpha value is -1.59. The molecule has 6 heteroatoms. The predicted octanol–water partition coefficient (Wildman–Crippen LogP) is 3.33. The molecule has 1 aliphatic rings. The first-order valence-electron chi connectivity index (χ1n) is 8.07. The van der Waals surface area contributed by atoms with E-state index in [1.54, 1.807) is 0 Å². The minimum Gasteiger partial charge on any atom is -0.426 e. The van der Waals surface area contributed by atoms with E-state index in [2.05, 4.69) is 0 Å². The summed E-state index contributed by atoms with van der Waals surface area (Å²) < 4.78 is 5.46. The number of aryl methyl sites for hydroxylation is 2. The molecule has 0 spiro atoms. The van der Waals surface area contributed by atoms with E-state index in [1.807, 2.05) is 32.0 Å². The van der Waals surface area contributed by atoms with E-state index in [0.29, 0.717) is 23.9 Å². The van der Waals surface area contributed by atoms with Crippen LogP contribution >= 0.6 is 12.4 Å². The van der Waals surface area contributed by atoms with Gasteiger partial charge in [-0.1, -0.05) is 17.7 Å². The summed E-state index contributed by atoms with van der Waals surface area (Å²) in [5.41, 5.74) is 7.72. The number of halogens is 1. The summed E-state index contributed by atoms with van der Waals surface area (Å²) in [6, 6.07) is 5.84. The first-order valence-corrected chi connectivity index (χ1v) is 8.07. The monoisotopic (exact) mass is 356 g/mol. The van der Waals surface area contributed by atoms with Gasteiger partial charge in [-0.05, 0) is 63.5 Å². The summed E-state index contributed by atoms with van der Waals surface area (Å²) in [6.07, 6.45) is 5.40. The molecule has 1 aromatic rings. The Morgan fingerprint density at radius 1 is 1.25 bits per heavy atom. The van der Waals surface area contributed by atoms with Crippen LogP contribution in [-0.4, -0.2) is 17.3 Å². The topological polar surface area (TPSA) is 108 Å². The molecule has 1 fully saturated rings. The summed E-state index contributed by atoms with van der Waals surface area (Å²) in [6.45, 7) is 3.98. The number of carbonyl (C=O) groups is 1. The van der Waals surface area contributed by atoms with Crippen molar-refractivity contribution in [2.75, 3.05) is 0 Å². The first kappa shape index (κ1) is 22.4. The third-order valence-corrected chi connectivity index (χ3v) is 4.60. The molecule has 5 nitrogen and oxygen atoms in total. The third-order valence-electron chi connectivity index (χ3n) is 4.60. The van der Waals surface area contributed by atoms with E-state index in [9.17, 15) is 4.79 Å². The van der Waals surface area contributed by atoms with E-state index in [1.165, 1.54) is 5.56 Å². The maximum absolute atomic E-state index is 12.0. The highest BCUT2D eigenvalue weighted by molar-refractivity contribution is 5.85. The van der Waals surface area contributed by atoms with Crippen LogP contribution < -0.4 is 10.5 Å². The van der Waals surface area contributed by atoms with Crippen LogP contribution in [0, 0.1) is 31.1 Å². The molecule has 0 atom stereocenters. The highest BCUT2D eigenvalue weighted by Crippen LogP contribution is 2.31. The summed E-state index contributed by atoms with van der Waals surface area (Å²) in [7, 11) is 0. The van der Waals surface area contributed by atoms with Crippen LogP contribution in [0.4, 0.5) is 0 Å². The molecule has 24 heavy (non-hydrogen) atoms. The maximum Gasteiger partial charge on any atom is 0.311 e.